The van der Waals surface area contributed by atoms with E-state index in [2.05, 4.69) is 4.98 Å². The van der Waals surface area contributed by atoms with E-state index in [1.54, 1.807) is 44.2 Å². The van der Waals surface area contributed by atoms with Crippen molar-refractivity contribution in [2.45, 2.75) is 13.0 Å². The van der Waals surface area contributed by atoms with E-state index in [1.807, 2.05) is 12.1 Å². The van der Waals surface area contributed by atoms with E-state index in [-0.39, 0.29) is 5.97 Å². The van der Waals surface area contributed by atoms with Crippen molar-refractivity contribution >= 4 is 5.97 Å². The van der Waals surface area contributed by atoms with Crippen LogP contribution in [0.4, 0.5) is 0 Å². The van der Waals surface area contributed by atoms with Crippen molar-refractivity contribution in [2.24, 2.45) is 0 Å². The molecule has 0 radical (unpaired) electrons. The lowest BCUT2D eigenvalue weighted by atomic mass is 10.1. The first-order valence-electron chi connectivity index (χ1n) is 6.44. The topological polar surface area (TPSA) is 62.6 Å². The van der Waals surface area contributed by atoms with Crippen LogP contribution in [-0.4, -0.2) is 36.8 Å². The maximum absolute atomic E-state index is 11.7. The fourth-order valence-electron chi connectivity index (χ4n) is 2.07. The van der Waals surface area contributed by atoms with Crippen LogP contribution < -0.4 is 9.47 Å². The van der Waals surface area contributed by atoms with Crippen LogP contribution in [0.15, 0.2) is 30.6 Å². The zero-order valence-electron chi connectivity index (χ0n) is 12.5. The Labute approximate surface area is 123 Å². The molecule has 0 fully saturated rings. The summed E-state index contributed by atoms with van der Waals surface area (Å²) in [6.07, 6.45) is 3.38. The predicted molar refractivity (Wildman–Crippen MR) is 77.5 cm³/mol. The Hall–Kier alpha value is -2.50. The van der Waals surface area contributed by atoms with Gasteiger partial charge in [0.1, 0.15) is 23.4 Å². The molecule has 0 N–H and O–H groups in total. The van der Waals surface area contributed by atoms with Crippen LogP contribution in [0, 0.1) is 0 Å². The SMILES string of the molecule is COC(=O)C(C)n1ccnc1-c1cc(OC)cc(OC)c1. The Morgan fingerprint density at radius 2 is 1.76 bits per heavy atom. The monoisotopic (exact) mass is 290 g/mol. The van der Waals surface area contributed by atoms with E-state index in [9.17, 15) is 4.79 Å². The molecule has 0 amide bonds. The number of rotatable bonds is 5. The van der Waals surface area contributed by atoms with Gasteiger partial charge in [-0.25, -0.2) is 9.78 Å². The first-order chi connectivity index (χ1) is 10.1. The maximum atomic E-state index is 11.7. The lowest BCUT2D eigenvalue weighted by Crippen LogP contribution is -2.18. The second-order valence-electron chi connectivity index (χ2n) is 4.46. The lowest BCUT2D eigenvalue weighted by molar-refractivity contribution is -0.143. The summed E-state index contributed by atoms with van der Waals surface area (Å²) in [5.74, 6) is 1.63. The summed E-state index contributed by atoms with van der Waals surface area (Å²) in [5.41, 5.74) is 0.798. The second-order valence-corrected chi connectivity index (χ2v) is 4.46. The maximum Gasteiger partial charge on any atom is 0.328 e. The largest absolute Gasteiger partial charge is 0.497 e. The van der Waals surface area contributed by atoms with Gasteiger partial charge in [-0.15, -0.1) is 0 Å². The molecule has 0 aliphatic carbocycles. The molecule has 1 atom stereocenters. The summed E-state index contributed by atoms with van der Waals surface area (Å²) in [7, 11) is 4.54. The molecule has 0 saturated heterocycles. The molecule has 1 unspecified atom stereocenters. The van der Waals surface area contributed by atoms with Gasteiger partial charge in [0.2, 0.25) is 0 Å². The highest BCUT2D eigenvalue weighted by molar-refractivity contribution is 5.75. The Morgan fingerprint density at radius 3 is 2.29 bits per heavy atom. The van der Waals surface area contributed by atoms with Gasteiger partial charge in [-0.3, -0.25) is 0 Å². The minimum absolute atomic E-state index is 0.330. The Bertz CT molecular complexity index is 614. The number of carbonyl (C=O) groups excluding carboxylic acids is 1. The normalized spacial score (nSPS) is 11.8. The van der Waals surface area contributed by atoms with Crippen molar-refractivity contribution in [1.29, 1.82) is 0 Å². The van der Waals surface area contributed by atoms with Gasteiger partial charge in [0.05, 0.1) is 21.3 Å². The van der Waals surface area contributed by atoms with Gasteiger partial charge in [0.15, 0.2) is 0 Å². The van der Waals surface area contributed by atoms with Crippen LogP contribution in [0.2, 0.25) is 0 Å². The Morgan fingerprint density at radius 1 is 1.14 bits per heavy atom. The third-order valence-electron chi connectivity index (χ3n) is 3.24. The van der Waals surface area contributed by atoms with E-state index in [1.165, 1.54) is 7.11 Å². The minimum Gasteiger partial charge on any atom is -0.497 e. The predicted octanol–water partition coefficient (Wildman–Crippen LogP) is 2.30. The molecule has 112 valence electrons. The number of hydrogen-bond acceptors (Lipinski definition) is 5. The molecule has 6 nitrogen and oxygen atoms in total. The van der Waals surface area contributed by atoms with Crippen molar-refractivity contribution in [2.75, 3.05) is 21.3 Å². The van der Waals surface area contributed by atoms with Crippen molar-refractivity contribution in [3.63, 3.8) is 0 Å². The van der Waals surface area contributed by atoms with E-state index in [4.69, 9.17) is 14.2 Å². The number of aromatic nitrogens is 2. The highest BCUT2D eigenvalue weighted by atomic mass is 16.5. The zero-order valence-corrected chi connectivity index (χ0v) is 12.5. The third-order valence-corrected chi connectivity index (χ3v) is 3.24. The van der Waals surface area contributed by atoms with Crippen molar-refractivity contribution < 1.29 is 19.0 Å². The molecule has 0 saturated carbocycles. The number of methoxy groups -OCH3 is 3. The van der Waals surface area contributed by atoms with Gasteiger partial charge in [-0.05, 0) is 19.1 Å². The number of esters is 1. The quantitative estimate of drug-likeness (QED) is 0.791. The standard InChI is InChI=1S/C15H18N2O4/c1-10(15(18)21-4)17-6-5-16-14(17)11-7-12(19-2)9-13(8-11)20-3/h5-10H,1-4H3. The number of hydrogen-bond donors (Lipinski definition) is 0. The lowest BCUT2D eigenvalue weighted by Gasteiger charge is -2.15. The molecule has 21 heavy (non-hydrogen) atoms. The summed E-state index contributed by atoms with van der Waals surface area (Å²) in [6, 6.07) is 4.99. The molecule has 2 aromatic rings. The molecule has 2 rings (SSSR count). The van der Waals surface area contributed by atoms with Crippen LogP contribution in [-0.2, 0) is 9.53 Å². The number of imidazole rings is 1. The van der Waals surface area contributed by atoms with Crippen LogP contribution in [0.1, 0.15) is 13.0 Å². The summed E-state index contributed by atoms with van der Waals surface area (Å²) >= 11 is 0. The highest BCUT2D eigenvalue weighted by Gasteiger charge is 2.19. The van der Waals surface area contributed by atoms with Crippen LogP contribution in [0.25, 0.3) is 11.4 Å². The Kier molecular flexibility index (Phi) is 4.47. The molecule has 0 spiro atoms. The molecule has 1 aromatic carbocycles. The number of ether oxygens (including phenoxy) is 3. The average Bonchev–Trinajstić information content (AvgIpc) is 3.02. The molecule has 1 heterocycles. The van der Waals surface area contributed by atoms with Crippen LogP contribution in [0.3, 0.4) is 0 Å². The van der Waals surface area contributed by atoms with Gasteiger partial charge in [0, 0.05) is 24.0 Å². The molecule has 0 aliphatic rings. The van der Waals surface area contributed by atoms with Gasteiger partial charge in [-0.2, -0.15) is 0 Å². The zero-order chi connectivity index (χ0) is 15.4. The van der Waals surface area contributed by atoms with E-state index >= 15 is 0 Å². The van der Waals surface area contributed by atoms with Gasteiger partial charge >= 0.3 is 5.97 Å². The van der Waals surface area contributed by atoms with E-state index in [0.717, 1.165) is 5.56 Å². The minimum atomic E-state index is -0.468. The second kappa shape index (κ2) is 6.30. The summed E-state index contributed by atoms with van der Waals surface area (Å²) < 4.78 is 17.0. The van der Waals surface area contributed by atoms with Gasteiger partial charge in [0.25, 0.3) is 0 Å². The molecular formula is C15H18N2O4. The molecular weight excluding hydrogens is 272 g/mol. The number of benzene rings is 1. The smallest absolute Gasteiger partial charge is 0.328 e. The van der Waals surface area contributed by atoms with Crippen molar-refractivity contribution in [3.05, 3.63) is 30.6 Å². The first kappa shape index (κ1) is 14.9. The highest BCUT2D eigenvalue weighted by Crippen LogP contribution is 2.30. The Balaban J connectivity index is 2.48. The van der Waals surface area contributed by atoms with Gasteiger partial charge < -0.3 is 18.8 Å². The first-order valence-corrected chi connectivity index (χ1v) is 6.44. The summed E-state index contributed by atoms with van der Waals surface area (Å²) in [5, 5.41) is 0. The molecule has 0 bridgehead atoms. The fourth-order valence-corrected chi connectivity index (χ4v) is 2.07. The fraction of sp³-hybridized carbons (Fsp3) is 0.333. The van der Waals surface area contributed by atoms with E-state index in [0.29, 0.717) is 17.3 Å². The van der Waals surface area contributed by atoms with E-state index < -0.39 is 6.04 Å². The molecule has 6 heteroatoms. The average molecular weight is 290 g/mol. The van der Waals surface area contributed by atoms with Crippen molar-refractivity contribution in [3.8, 4) is 22.9 Å². The van der Waals surface area contributed by atoms with Crippen molar-refractivity contribution in [1.82, 2.24) is 9.55 Å². The molecule has 1 aromatic heterocycles. The summed E-state index contributed by atoms with van der Waals surface area (Å²) in [4.78, 5) is 16.0. The van der Waals surface area contributed by atoms with Gasteiger partial charge in [-0.1, -0.05) is 0 Å². The summed E-state index contributed by atoms with van der Waals surface area (Å²) in [6.45, 7) is 1.76. The number of nitrogens with zero attached hydrogens (tertiary/aromatic N) is 2. The third kappa shape index (κ3) is 2.99. The number of carbonyl (C=O) groups is 1. The molecule has 0 aliphatic heterocycles. The van der Waals surface area contributed by atoms with Crippen LogP contribution in [0.5, 0.6) is 11.5 Å². The van der Waals surface area contributed by atoms with Crippen LogP contribution >= 0.6 is 0 Å².